The van der Waals surface area contributed by atoms with E-state index in [2.05, 4.69) is 4.72 Å². The molecule has 0 bridgehead atoms. The molecular weight excluding hydrogens is 312 g/mol. The Labute approximate surface area is 126 Å². The summed E-state index contributed by atoms with van der Waals surface area (Å²) in [4.78, 5) is 0. The smallest absolute Gasteiger partial charge is 0.232 e. The van der Waals surface area contributed by atoms with E-state index in [1.165, 1.54) is 4.31 Å². The molecule has 6 nitrogen and oxygen atoms in total. The van der Waals surface area contributed by atoms with Crippen LogP contribution in [0.3, 0.4) is 0 Å². The number of nitrogens with zero attached hydrogens (tertiary/aromatic N) is 1. The van der Waals surface area contributed by atoms with E-state index in [0.717, 1.165) is 6.26 Å². The normalized spacial score (nSPS) is 19.3. The van der Waals surface area contributed by atoms with Crippen LogP contribution in [0.2, 0.25) is 0 Å². The van der Waals surface area contributed by atoms with Crippen molar-refractivity contribution in [2.45, 2.75) is 25.8 Å². The van der Waals surface area contributed by atoms with Crippen molar-refractivity contribution in [3.05, 3.63) is 29.8 Å². The molecular formula is C13H20N2O4S2. The lowest BCUT2D eigenvalue weighted by molar-refractivity contribution is 0.530. The Morgan fingerprint density at radius 1 is 1.24 bits per heavy atom. The van der Waals surface area contributed by atoms with Gasteiger partial charge in [-0.3, -0.25) is 4.31 Å². The molecule has 1 aliphatic heterocycles. The van der Waals surface area contributed by atoms with E-state index in [-0.39, 0.29) is 18.3 Å². The van der Waals surface area contributed by atoms with Crippen LogP contribution in [0.25, 0.3) is 0 Å². The van der Waals surface area contributed by atoms with Gasteiger partial charge in [0.1, 0.15) is 0 Å². The number of sulfonamides is 2. The number of benzene rings is 1. The van der Waals surface area contributed by atoms with Gasteiger partial charge in [0.05, 0.1) is 23.7 Å². The number of rotatable bonds is 5. The fraction of sp³-hybridized carbons (Fsp3) is 0.538. The van der Waals surface area contributed by atoms with Crippen LogP contribution < -0.4 is 9.03 Å². The number of anilines is 1. The second-order valence-electron chi connectivity index (χ2n) is 5.17. The van der Waals surface area contributed by atoms with Crippen molar-refractivity contribution in [3.63, 3.8) is 0 Å². The van der Waals surface area contributed by atoms with Gasteiger partial charge in [-0.2, -0.15) is 0 Å². The monoisotopic (exact) mass is 332 g/mol. The average Bonchev–Trinajstić information content (AvgIpc) is 2.37. The van der Waals surface area contributed by atoms with Crippen molar-refractivity contribution in [2.24, 2.45) is 0 Å². The highest BCUT2D eigenvalue weighted by atomic mass is 32.2. The zero-order valence-corrected chi connectivity index (χ0v) is 13.7. The minimum atomic E-state index is -3.36. The van der Waals surface area contributed by atoms with Gasteiger partial charge < -0.3 is 0 Å². The van der Waals surface area contributed by atoms with Gasteiger partial charge >= 0.3 is 0 Å². The summed E-state index contributed by atoms with van der Waals surface area (Å²) in [6.07, 6.45) is 2.12. The van der Waals surface area contributed by atoms with E-state index in [1.807, 2.05) is 0 Å². The summed E-state index contributed by atoms with van der Waals surface area (Å²) < 4.78 is 51.6. The highest BCUT2D eigenvalue weighted by Crippen LogP contribution is 2.35. The highest BCUT2D eigenvalue weighted by Gasteiger charge is 2.31. The fourth-order valence-corrected chi connectivity index (χ4v) is 4.84. The molecule has 0 aromatic heterocycles. The average molecular weight is 332 g/mol. The Balaban J connectivity index is 2.36. The molecule has 1 aromatic carbocycles. The number of nitrogens with one attached hydrogen (secondary N) is 1. The van der Waals surface area contributed by atoms with Gasteiger partial charge in [0.2, 0.25) is 20.0 Å². The lowest BCUT2D eigenvalue weighted by Gasteiger charge is -2.34. The van der Waals surface area contributed by atoms with Crippen molar-refractivity contribution in [3.8, 4) is 0 Å². The van der Waals surface area contributed by atoms with Gasteiger partial charge in [-0.1, -0.05) is 25.1 Å². The zero-order chi connectivity index (χ0) is 15.7. The first kappa shape index (κ1) is 16.3. The van der Waals surface area contributed by atoms with Crippen LogP contribution in [0.4, 0.5) is 5.69 Å². The maximum Gasteiger partial charge on any atom is 0.232 e. The first-order valence-electron chi connectivity index (χ1n) is 6.81. The molecule has 1 aliphatic rings. The van der Waals surface area contributed by atoms with Crippen molar-refractivity contribution in [1.29, 1.82) is 0 Å². The zero-order valence-electron chi connectivity index (χ0n) is 12.1. The maximum atomic E-state index is 11.9. The molecule has 1 unspecified atom stereocenters. The minimum Gasteiger partial charge on any atom is -0.270 e. The molecule has 1 N–H and O–H groups in total. The fourth-order valence-electron chi connectivity index (χ4n) is 2.54. The molecule has 0 aliphatic carbocycles. The number of para-hydroxylation sites is 1. The van der Waals surface area contributed by atoms with Crippen molar-refractivity contribution >= 4 is 25.7 Å². The Morgan fingerprint density at radius 2 is 1.90 bits per heavy atom. The molecule has 2 rings (SSSR count). The van der Waals surface area contributed by atoms with E-state index in [1.54, 1.807) is 31.2 Å². The standard InChI is InChI=1S/C13H20N2O4S2/c1-3-10-21(18,19)14-12-8-9-15(20(2,16)17)13-7-5-4-6-11(12)13/h4-7,12,14H,3,8-10H2,1-2H3. The quantitative estimate of drug-likeness (QED) is 0.879. The third kappa shape index (κ3) is 3.75. The SMILES string of the molecule is CCCS(=O)(=O)NC1CCN(S(C)(=O)=O)c2ccccc21. The van der Waals surface area contributed by atoms with Crippen LogP contribution in [0.5, 0.6) is 0 Å². The van der Waals surface area contributed by atoms with Gasteiger partial charge in [0, 0.05) is 6.54 Å². The highest BCUT2D eigenvalue weighted by molar-refractivity contribution is 7.92. The number of fused-ring (bicyclic) bond motifs is 1. The van der Waals surface area contributed by atoms with Gasteiger partial charge in [-0.05, 0) is 24.5 Å². The summed E-state index contributed by atoms with van der Waals surface area (Å²) >= 11 is 0. The summed E-state index contributed by atoms with van der Waals surface area (Å²) in [5.41, 5.74) is 1.25. The van der Waals surface area contributed by atoms with Crippen LogP contribution in [0.15, 0.2) is 24.3 Å². The molecule has 8 heteroatoms. The largest absolute Gasteiger partial charge is 0.270 e. The molecule has 0 saturated carbocycles. The topological polar surface area (TPSA) is 83.6 Å². The summed E-state index contributed by atoms with van der Waals surface area (Å²) in [7, 11) is -6.71. The number of hydrogen-bond acceptors (Lipinski definition) is 4. The van der Waals surface area contributed by atoms with Gasteiger partial charge in [-0.15, -0.1) is 0 Å². The minimum absolute atomic E-state index is 0.0709. The van der Waals surface area contributed by atoms with Crippen molar-refractivity contribution in [2.75, 3.05) is 22.9 Å². The van der Waals surface area contributed by atoms with E-state index in [9.17, 15) is 16.8 Å². The second kappa shape index (κ2) is 5.94. The Morgan fingerprint density at radius 3 is 2.52 bits per heavy atom. The van der Waals surface area contributed by atoms with Gasteiger partial charge in [0.25, 0.3) is 0 Å². The third-order valence-electron chi connectivity index (χ3n) is 3.40. The molecule has 0 radical (unpaired) electrons. The predicted octanol–water partition coefficient (Wildman–Crippen LogP) is 1.23. The first-order chi connectivity index (χ1) is 9.74. The molecule has 1 heterocycles. The lowest BCUT2D eigenvalue weighted by Crippen LogP contribution is -2.41. The van der Waals surface area contributed by atoms with E-state index >= 15 is 0 Å². The lowest BCUT2D eigenvalue weighted by atomic mass is 9.99. The van der Waals surface area contributed by atoms with Gasteiger partial charge in [0.15, 0.2) is 0 Å². The van der Waals surface area contributed by atoms with Crippen LogP contribution in [-0.2, 0) is 20.0 Å². The molecule has 0 spiro atoms. The first-order valence-corrected chi connectivity index (χ1v) is 10.3. The summed E-state index contributed by atoms with van der Waals surface area (Å²) in [6.45, 7) is 2.08. The second-order valence-corrected chi connectivity index (χ2v) is 8.95. The molecule has 118 valence electrons. The van der Waals surface area contributed by atoms with Crippen molar-refractivity contribution < 1.29 is 16.8 Å². The molecule has 21 heavy (non-hydrogen) atoms. The molecule has 0 saturated heterocycles. The summed E-state index contributed by atoms with van der Waals surface area (Å²) in [5, 5.41) is 0. The van der Waals surface area contributed by atoms with Crippen molar-refractivity contribution in [1.82, 2.24) is 4.72 Å². The van der Waals surface area contributed by atoms with E-state index in [0.29, 0.717) is 24.1 Å². The van der Waals surface area contributed by atoms with Crippen LogP contribution >= 0.6 is 0 Å². The third-order valence-corrected chi connectivity index (χ3v) is 6.17. The molecule has 0 amide bonds. The van der Waals surface area contributed by atoms with Gasteiger partial charge in [-0.25, -0.2) is 21.6 Å². The molecule has 1 atom stereocenters. The Hall–Kier alpha value is -1.12. The van der Waals surface area contributed by atoms with E-state index < -0.39 is 20.0 Å². The summed E-state index contributed by atoms with van der Waals surface area (Å²) in [5.74, 6) is 0.0709. The van der Waals surface area contributed by atoms with E-state index in [4.69, 9.17) is 0 Å². The Bertz CT molecular complexity index is 713. The molecule has 0 fully saturated rings. The van der Waals surface area contributed by atoms with Crippen LogP contribution in [0, 0.1) is 0 Å². The summed E-state index contributed by atoms with van der Waals surface area (Å²) in [6, 6.07) is 6.63. The maximum absolute atomic E-state index is 11.9. The van der Waals surface area contributed by atoms with Crippen LogP contribution in [0.1, 0.15) is 31.4 Å². The number of hydrogen-bond donors (Lipinski definition) is 1. The Kier molecular flexibility index (Phi) is 4.60. The van der Waals surface area contributed by atoms with Crippen LogP contribution in [-0.4, -0.2) is 35.4 Å². The predicted molar refractivity (Wildman–Crippen MR) is 83.2 cm³/mol. The molecule has 1 aromatic rings.